The standard InChI is InChI=1S/C24H21BrN2O4/c1-16-6-9-18(10-7-16)30-13-12-27-21-11-8-17(14-22(21)31-15-23(27)28)26-24(29)19-4-2-3-5-20(19)25/h2-11,14H,12-13,15H2,1H3,(H,26,29). The molecule has 1 N–H and O–H groups in total. The molecule has 0 atom stereocenters. The van der Waals surface area contributed by atoms with Crippen molar-refractivity contribution in [2.24, 2.45) is 0 Å². The maximum atomic E-state index is 12.6. The first-order chi connectivity index (χ1) is 15.0. The number of nitrogens with one attached hydrogen (secondary N) is 1. The molecule has 0 saturated carbocycles. The van der Waals surface area contributed by atoms with Crippen molar-refractivity contribution in [1.29, 1.82) is 0 Å². The lowest BCUT2D eigenvalue weighted by Gasteiger charge is -2.29. The number of fused-ring (bicyclic) bond motifs is 1. The minimum Gasteiger partial charge on any atom is -0.492 e. The second-order valence-electron chi connectivity index (χ2n) is 7.11. The van der Waals surface area contributed by atoms with E-state index in [0.29, 0.717) is 40.3 Å². The zero-order valence-corrected chi connectivity index (χ0v) is 18.5. The zero-order chi connectivity index (χ0) is 21.8. The van der Waals surface area contributed by atoms with Crippen molar-refractivity contribution in [2.45, 2.75) is 6.92 Å². The Hall–Kier alpha value is -3.32. The summed E-state index contributed by atoms with van der Waals surface area (Å²) in [5.74, 6) is 0.934. The third-order valence-corrected chi connectivity index (χ3v) is 5.58. The van der Waals surface area contributed by atoms with E-state index in [0.717, 1.165) is 11.3 Å². The van der Waals surface area contributed by atoms with Crippen LogP contribution in [0.25, 0.3) is 0 Å². The van der Waals surface area contributed by atoms with Crippen LogP contribution in [-0.2, 0) is 4.79 Å². The Morgan fingerprint density at radius 1 is 1.13 bits per heavy atom. The molecule has 6 nitrogen and oxygen atoms in total. The minimum atomic E-state index is -0.234. The lowest BCUT2D eigenvalue weighted by Crippen LogP contribution is -2.41. The van der Waals surface area contributed by atoms with Gasteiger partial charge < -0.3 is 19.7 Å². The summed E-state index contributed by atoms with van der Waals surface area (Å²) in [7, 11) is 0. The Balaban J connectivity index is 1.44. The highest BCUT2D eigenvalue weighted by molar-refractivity contribution is 9.10. The predicted molar refractivity (Wildman–Crippen MR) is 123 cm³/mol. The highest BCUT2D eigenvalue weighted by Gasteiger charge is 2.26. The van der Waals surface area contributed by atoms with Crippen molar-refractivity contribution in [3.63, 3.8) is 0 Å². The lowest BCUT2D eigenvalue weighted by atomic mass is 10.2. The Kier molecular flexibility index (Phi) is 6.23. The minimum absolute atomic E-state index is 0.0564. The van der Waals surface area contributed by atoms with E-state index < -0.39 is 0 Å². The first-order valence-corrected chi connectivity index (χ1v) is 10.6. The molecule has 3 aromatic carbocycles. The lowest BCUT2D eigenvalue weighted by molar-refractivity contribution is -0.121. The van der Waals surface area contributed by atoms with Crippen LogP contribution in [0, 0.1) is 6.92 Å². The second kappa shape index (κ2) is 9.22. The van der Waals surface area contributed by atoms with E-state index in [1.165, 1.54) is 0 Å². The number of nitrogens with zero attached hydrogens (tertiary/aromatic N) is 1. The molecular formula is C24H21BrN2O4. The molecule has 2 amide bonds. The number of hydrogen-bond acceptors (Lipinski definition) is 4. The molecule has 0 saturated heterocycles. The van der Waals surface area contributed by atoms with Gasteiger partial charge in [-0.05, 0) is 59.3 Å². The fourth-order valence-electron chi connectivity index (χ4n) is 3.26. The third kappa shape index (κ3) is 4.88. The van der Waals surface area contributed by atoms with Crippen LogP contribution >= 0.6 is 15.9 Å². The van der Waals surface area contributed by atoms with Gasteiger partial charge in [0.2, 0.25) is 0 Å². The number of benzene rings is 3. The normalized spacial score (nSPS) is 12.7. The summed E-state index contributed by atoms with van der Waals surface area (Å²) in [5, 5.41) is 2.87. The maximum absolute atomic E-state index is 12.6. The quantitative estimate of drug-likeness (QED) is 0.549. The SMILES string of the molecule is Cc1ccc(OCCN2C(=O)COc3cc(NC(=O)c4ccccc4Br)ccc32)cc1. The largest absolute Gasteiger partial charge is 0.492 e. The van der Waals surface area contributed by atoms with Crippen LogP contribution in [0.15, 0.2) is 71.2 Å². The maximum Gasteiger partial charge on any atom is 0.265 e. The summed E-state index contributed by atoms with van der Waals surface area (Å²) < 4.78 is 12.1. The smallest absolute Gasteiger partial charge is 0.265 e. The summed E-state index contributed by atoms with van der Waals surface area (Å²) in [6.07, 6.45) is 0. The number of rotatable bonds is 6. The average Bonchev–Trinajstić information content (AvgIpc) is 2.77. The predicted octanol–water partition coefficient (Wildman–Crippen LogP) is 4.81. The number of amides is 2. The van der Waals surface area contributed by atoms with Crippen LogP contribution in [0.3, 0.4) is 0 Å². The van der Waals surface area contributed by atoms with Crippen molar-refractivity contribution >= 4 is 39.1 Å². The Labute approximate surface area is 188 Å². The summed E-state index contributed by atoms with van der Waals surface area (Å²) in [4.78, 5) is 26.6. The Morgan fingerprint density at radius 3 is 2.68 bits per heavy atom. The number of aryl methyl sites for hydroxylation is 1. The van der Waals surface area contributed by atoms with E-state index in [1.807, 2.05) is 43.3 Å². The number of halogens is 1. The number of hydrogen-bond donors (Lipinski definition) is 1. The fourth-order valence-corrected chi connectivity index (χ4v) is 3.73. The van der Waals surface area contributed by atoms with Crippen LogP contribution in [0.5, 0.6) is 11.5 Å². The van der Waals surface area contributed by atoms with Crippen LogP contribution in [0.2, 0.25) is 0 Å². The molecule has 0 spiro atoms. The highest BCUT2D eigenvalue weighted by atomic mass is 79.9. The monoisotopic (exact) mass is 480 g/mol. The van der Waals surface area contributed by atoms with Gasteiger partial charge in [0.25, 0.3) is 11.8 Å². The number of carbonyl (C=O) groups is 2. The molecule has 31 heavy (non-hydrogen) atoms. The van der Waals surface area contributed by atoms with Gasteiger partial charge in [-0.15, -0.1) is 0 Å². The van der Waals surface area contributed by atoms with Gasteiger partial charge in [-0.1, -0.05) is 29.8 Å². The molecule has 0 fully saturated rings. The van der Waals surface area contributed by atoms with Crippen LogP contribution in [0.4, 0.5) is 11.4 Å². The summed E-state index contributed by atoms with van der Waals surface area (Å²) in [6, 6.07) is 20.2. The van der Waals surface area contributed by atoms with Gasteiger partial charge in [0, 0.05) is 16.2 Å². The average molecular weight is 481 g/mol. The van der Waals surface area contributed by atoms with Gasteiger partial charge >= 0.3 is 0 Å². The van der Waals surface area contributed by atoms with Crippen molar-refractivity contribution in [2.75, 3.05) is 30.0 Å². The molecule has 0 bridgehead atoms. The first kappa shape index (κ1) is 20.9. The van der Waals surface area contributed by atoms with Gasteiger partial charge in [-0.3, -0.25) is 9.59 Å². The summed E-state index contributed by atoms with van der Waals surface area (Å²) in [6.45, 7) is 2.71. The van der Waals surface area contributed by atoms with Gasteiger partial charge in [0.05, 0.1) is 17.8 Å². The molecule has 158 valence electrons. The van der Waals surface area contributed by atoms with E-state index in [4.69, 9.17) is 9.47 Å². The molecule has 0 aliphatic carbocycles. The van der Waals surface area contributed by atoms with E-state index in [9.17, 15) is 9.59 Å². The number of ether oxygens (including phenoxy) is 2. The van der Waals surface area contributed by atoms with Crippen molar-refractivity contribution in [3.8, 4) is 11.5 Å². The Morgan fingerprint density at radius 2 is 1.90 bits per heavy atom. The van der Waals surface area contributed by atoms with Gasteiger partial charge in [0.15, 0.2) is 6.61 Å². The van der Waals surface area contributed by atoms with E-state index in [2.05, 4.69) is 21.2 Å². The third-order valence-electron chi connectivity index (χ3n) is 4.88. The molecular weight excluding hydrogens is 460 g/mol. The Bertz CT molecular complexity index is 1110. The summed E-state index contributed by atoms with van der Waals surface area (Å²) >= 11 is 3.39. The molecule has 3 aromatic rings. The summed E-state index contributed by atoms with van der Waals surface area (Å²) in [5.41, 5.74) is 2.94. The van der Waals surface area contributed by atoms with Crippen LogP contribution in [-0.4, -0.2) is 31.6 Å². The van der Waals surface area contributed by atoms with E-state index in [1.54, 1.807) is 35.2 Å². The molecule has 1 aliphatic heterocycles. The molecule has 4 rings (SSSR count). The van der Waals surface area contributed by atoms with Crippen LogP contribution in [0.1, 0.15) is 15.9 Å². The number of carbonyl (C=O) groups excluding carboxylic acids is 2. The van der Waals surface area contributed by atoms with E-state index in [-0.39, 0.29) is 18.4 Å². The van der Waals surface area contributed by atoms with Crippen molar-refractivity contribution in [3.05, 3.63) is 82.3 Å². The highest BCUT2D eigenvalue weighted by Crippen LogP contribution is 2.34. The molecule has 0 unspecified atom stereocenters. The molecule has 0 radical (unpaired) electrons. The fraction of sp³-hybridized carbons (Fsp3) is 0.167. The number of anilines is 2. The topological polar surface area (TPSA) is 67.9 Å². The molecule has 7 heteroatoms. The van der Waals surface area contributed by atoms with E-state index >= 15 is 0 Å². The first-order valence-electron chi connectivity index (χ1n) is 9.84. The van der Waals surface area contributed by atoms with Gasteiger partial charge in [-0.25, -0.2) is 0 Å². The van der Waals surface area contributed by atoms with Crippen LogP contribution < -0.4 is 19.7 Å². The molecule has 1 heterocycles. The van der Waals surface area contributed by atoms with Gasteiger partial charge in [0.1, 0.15) is 18.1 Å². The zero-order valence-electron chi connectivity index (χ0n) is 16.9. The van der Waals surface area contributed by atoms with Gasteiger partial charge in [-0.2, -0.15) is 0 Å². The van der Waals surface area contributed by atoms with Crippen molar-refractivity contribution in [1.82, 2.24) is 0 Å². The molecule has 0 aromatic heterocycles. The molecule has 1 aliphatic rings. The second-order valence-corrected chi connectivity index (χ2v) is 7.97. The van der Waals surface area contributed by atoms with Crippen molar-refractivity contribution < 1.29 is 19.1 Å².